The molecule has 0 spiro atoms. The number of rotatable bonds is 6. The van der Waals surface area contributed by atoms with Crippen molar-refractivity contribution in [3.63, 3.8) is 0 Å². The smallest absolute Gasteiger partial charge is 0.326 e. The van der Waals surface area contributed by atoms with Gasteiger partial charge in [-0.2, -0.15) is 0 Å². The Kier molecular flexibility index (Phi) is 6.67. The highest BCUT2D eigenvalue weighted by atomic mass is 31.2. The van der Waals surface area contributed by atoms with E-state index in [0.29, 0.717) is 12.4 Å². The largest absolute Gasteiger partial charge is 0.353 e. The van der Waals surface area contributed by atoms with Crippen molar-refractivity contribution in [2.24, 2.45) is 0 Å². The van der Waals surface area contributed by atoms with E-state index in [-0.39, 0.29) is 6.16 Å². The number of aryl methyl sites for hydroxylation is 2. The van der Waals surface area contributed by atoms with Gasteiger partial charge in [-0.15, -0.1) is 0 Å². The fraction of sp³-hybridized carbons (Fsp3) is 0.348. The van der Waals surface area contributed by atoms with Gasteiger partial charge >= 0.3 is 7.60 Å². The number of piperazine rings is 1. The van der Waals surface area contributed by atoms with E-state index in [4.69, 9.17) is 19.8 Å². The second-order valence-corrected chi connectivity index (χ2v) is 9.97. The van der Waals surface area contributed by atoms with Gasteiger partial charge in [0, 0.05) is 50.5 Å². The summed E-state index contributed by atoms with van der Waals surface area (Å²) in [6.07, 6.45) is 7.30. The molecule has 0 aliphatic carbocycles. The lowest BCUT2D eigenvalue weighted by molar-refractivity contribution is 0.264. The SMILES string of the molecule is Cc1cc2nc(/C=C/c3cccnc3)nc(N3CCN(CCP(=O)(O)O)CC3)c2cc1C. The van der Waals surface area contributed by atoms with Crippen molar-refractivity contribution < 1.29 is 14.4 Å². The molecule has 4 rings (SSSR count). The highest BCUT2D eigenvalue weighted by Gasteiger charge is 2.23. The minimum atomic E-state index is -3.98. The molecule has 168 valence electrons. The third kappa shape index (κ3) is 5.58. The molecule has 0 radical (unpaired) electrons. The summed E-state index contributed by atoms with van der Waals surface area (Å²) < 4.78 is 11.2. The average Bonchev–Trinajstić information content (AvgIpc) is 2.77. The number of nitrogens with zero attached hydrogens (tertiary/aromatic N) is 5. The van der Waals surface area contributed by atoms with Crippen molar-refractivity contribution in [2.45, 2.75) is 13.8 Å². The number of anilines is 1. The Hall–Kier alpha value is -2.64. The van der Waals surface area contributed by atoms with Gasteiger partial charge in [-0.25, -0.2) is 9.97 Å². The highest BCUT2D eigenvalue weighted by molar-refractivity contribution is 7.51. The van der Waals surface area contributed by atoms with Crippen LogP contribution >= 0.6 is 7.60 Å². The van der Waals surface area contributed by atoms with Gasteiger partial charge in [-0.05, 0) is 60.9 Å². The molecule has 32 heavy (non-hydrogen) atoms. The number of aromatic nitrogens is 3. The normalized spacial score (nSPS) is 15.7. The quantitative estimate of drug-likeness (QED) is 0.549. The molecule has 1 fully saturated rings. The zero-order valence-electron chi connectivity index (χ0n) is 18.3. The fourth-order valence-corrected chi connectivity index (χ4v) is 4.35. The van der Waals surface area contributed by atoms with Crippen LogP contribution in [0.25, 0.3) is 23.1 Å². The van der Waals surface area contributed by atoms with E-state index < -0.39 is 7.60 Å². The number of hydrogen-bond acceptors (Lipinski definition) is 6. The first-order chi connectivity index (χ1) is 15.3. The Labute approximate surface area is 187 Å². The molecule has 2 N–H and O–H groups in total. The predicted octanol–water partition coefficient (Wildman–Crippen LogP) is 3.11. The third-order valence-corrected chi connectivity index (χ3v) is 6.58. The standard InChI is InChI=1S/C23H28N5O3P/c1-17-14-20-21(15-18(17)2)25-22(6-5-19-4-3-7-24-16-19)26-23(20)28-10-8-27(9-11-28)12-13-32(29,30)31/h3-7,14-16H,8-13H2,1-2H3,(H2,29,30,31)/b6-5+. The van der Waals surface area contributed by atoms with Crippen molar-refractivity contribution in [3.8, 4) is 0 Å². The summed E-state index contributed by atoms with van der Waals surface area (Å²) >= 11 is 0. The molecule has 0 bridgehead atoms. The van der Waals surface area contributed by atoms with Gasteiger partial charge in [0.1, 0.15) is 5.82 Å². The van der Waals surface area contributed by atoms with E-state index in [0.717, 1.165) is 48.5 Å². The molecule has 0 atom stereocenters. The van der Waals surface area contributed by atoms with Gasteiger partial charge in [0.05, 0.1) is 11.7 Å². The van der Waals surface area contributed by atoms with E-state index in [1.807, 2.05) is 24.3 Å². The first-order valence-electron chi connectivity index (χ1n) is 10.7. The van der Waals surface area contributed by atoms with Crippen LogP contribution in [0.2, 0.25) is 0 Å². The van der Waals surface area contributed by atoms with E-state index in [1.165, 1.54) is 11.1 Å². The zero-order valence-corrected chi connectivity index (χ0v) is 19.2. The molecule has 2 aromatic heterocycles. The van der Waals surface area contributed by atoms with E-state index in [1.54, 1.807) is 12.4 Å². The maximum Gasteiger partial charge on any atom is 0.326 e. The molecule has 1 saturated heterocycles. The van der Waals surface area contributed by atoms with E-state index in [2.05, 4.69) is 40.8 Å². The monoisotopic (exact) mass is 453 g/mol. The summed E-state index contributed by atoms with van der Waals surface area (Å²) in [7, 11) is -3.98. The van der Waals surface area contributed by atoms with Crippen LogP contribution in [0.4, 0.5) is 5.82 Å². The van der Waals surface area contributed by atoms with E-state index in [9.17, 15) is 4.57 Å². The molecule has 1 aliphatic rings. The third-order valence-electron chi connectivity index (χ3n) is 5.80. The predicted molar refractivity (Wildman–Crippen MR) is 128 cm³/mol. The zero-order chi connectivity index (χ0) is 22.7. The van der Waals surface area contributed by atoms with Crippen LogP contribution in [-0.2, 0) is 4.57 Å². The summed E-state index contributed by atoms with van der Waals surface area (Å²) in [6.45, 7) is 7.53. The van der Waals surface area contributed by atoms with Crippen LogP contribution < -0.4 is 4.90 Å². The van der Waals surface area contributed by atoms with Crippen molar-refractivity contribution in [2.75, 3.05) is 43.8 Å². The lowest BCUT2D eigenvalue weighted by atomic mass is 10.1. The molecule has 3 aromatic rings. The van der Waals surface area contributed by atoms with E-state index >= 15 is 0 Å². The lowest BCUT2D eigenvalue weighted by Crippen LogP contribution is -2.47. The summed E-state index contributed by atoms with van der Waals surface area (Å²) in [5.41, 5.74) is 4.28. The summed E-state index contributed by atoms with van der Waals surface area (Å²) in [5.74, 6) is 1.54. The molecule has 3 heterocycles. The second kappa shape index (κ2) is 9.46. The van der Waals surface area contributed by atoms with Crippen molar-refractivity contribution in [3.05, 3.63) is 59.2 Å². The number of fused-ring (bicyclic) bond motifs is 1. The van der Waals surface area contributed by atoms with Gasteiger partial charge in [0.25, 0.3) is 0 Å². The molecule has 1 aliphatic heterocycles. The summed E-state index contributed by atoms with van der Waals surface area (Å²) in [4.78, 5) is 36.5. The van der Waals surface area contributed by atoms with Gasteiger partial charge in [0.2, 0.25) is 0 Å². The van der Waals surface area contributed by atoms with Gasteiger partial charge in [0.15, 0.2) is 5.82 Å². The minimum absolute atomic E-state index is 0.106. The molecular weight excluding hydrogens is 425 g/mol. The molecule has 0 saturated carbocycles. The van der Waals surface area contributed by atoms with Crippen molar-refractivity contribution in [1.29, 1.82) is 0 Å². The molecule has 8 nitrogen and oxygen atoms in total. The molecule has 0 amide bonds. The summed E-state index contributed by atoms with van der Waals surface area (Å²) in [5, 5.41) is 1.02. The summed E-state index contributed by atoms with van der Waals surface area (Å²) in [6, 6.07) is 8.13. The minimum Gasteiger partial charge on any atom is -0.353 e. The first-order valence-corrected chi connectivity index (χ1v) is 12.5. The van der Waals surface area contributed by atoms with Crippen LogP contribution in [0.5, 0.6) is 0 Å². The second-order valence-electron chi connectivity index (χ2n) is 8.20. The highest BCUT2D eigenvalue weighted by Crippen LogP contribution is 2.34. The van der Waals surface area contributed by atoms with Crippen LogP contribution in [0, 0.1) is 13.8 Å². The molecule has 0 unspecified atom stereocenters. The molecule has 9 heteroatoms. The Morgan fingerprint density at radius 3 is 2.50 bits per heavy atom. The topological polar surface area (TPSA) is 103 Å². The Bertz CT molecular complexity index is 1170. The fourth-order valence-electron chi connectivity index (χ4n) is 3.81. The van der Waals surface area contributed by atoms with Crippen LogP contribution in [0.3, 0.4) is 0 Å². The Morgan fingerprint density at radius 1 is 1.06 bits per heavy atom. The molecule has 1 aromatic carbocycles. The van der Waals surface area contributed by atoms with Crippen LogP contribution in [-0.4, -0.2) is 68.5 Å². The Balaban J connectivity index is 1.62. The lowest BCUT2D eigenvalue weighted by Gasteiger charge is -2.36. The van der Waals surface area contributed by atoms with Crippen molar-refractivity contribution >= 4 is 36.5 Å². The Morgan fingerprint density at radius 2 is 1.81 bits per heavy atom. The van der Waals surface area contributed by atoms with Gasteiger partial charge in [-0.1, -0.05) is 6.07 Å². The van der Waals surface area contributed by atoms with Gasteiger partial charge < -0.3 is 14.7 Å². The van der Waals surface area contributed by atoms with Gasteiger partial charge in [-0.3, -0.25) is 14.4 Å². The van der Waals surface area contributed by atoms with Crippen LogP contribution in [0.15, 0.2) is 36.7 Å². The number of benzene rings is 1. The maximum absolute atomic E-state index is 11.2. The number of hydrogen-bond donors (Lipinski definition) is 2. The van der Waals surface area contributed by atoms with Crippen molar-refractivity contribution in [1.82, 2.24) is 19.9 Å². The maximum atomic E-state index is 11.2. The number of pyridine rings is 1. The first kappa shape index (κ1) is 22.6. The molecular formula is C23H28N5O3P. The average molecular weight is 453 g/mol. The van der Waals surface area contributed by atoms with Crippen LogP contribution in [0.1, 0.15) is 22.5 Å².